The van der Waals surface area contributed by atoms with Crippen LogP contribution in [0.2, 0.25) is 0 Å². The summed E-state index contributed by atoms with van der Waals surface area (Å²) in [5.74, 6) is -0.373. The highest BCUT2D eigenvalue weighted by Gasteiger charge is 2.17. The van der Waals surface area contributed by atoms with E-state index in [4.69, 9.17) is 0 Å². The molecule has 1 aromatic carbocycles. The lowest BCUT2D eigenvalue weighted by molar-refractivity contribution is 0.101. The van der Waals surface area contributed by atoms with Crippen molar-refractivity contribution < 1.29 is 9.00 Å². The Balaban J connectivity index is 2.99. The van der Waals surface area contributed by atoms with Gasteiger partial charge in [0.05, 0.1) is 21.9 Å². The molecule has 0 aliphatic carbocycles. The summed E-state index contributed by atoms with van der Waals surface area (Å²) in [6.45, 7) is 1.30. The first-order valence-electron chi connectivity index (χ1n) is 5.01. The Kier molecular flexibility index (Phi) is 2.93. The first-order valence-corrected chi connectivity index (χ1v) is 6.57. The molecule has 2 rings (SSSR count). The van der Waals surface area contributed by atoms with Crippen molar-refractivity contribution in [2.45, 2.75) is 11.9 Å². The number of fused-ring (bicyclic) bond motifs is 1. The first-order chi connectivity index (χ1) is 8.02. The standard InChI is InChI=1S/C12H11NO3S/c1-7(14)10-11(15)8-5-3-4-6-9(8)13-12(10)17(2)16/h3-6H,1-2H3,(H,13,15). The minimum absolute atomic E-state index is 0.00969. The monoisotopic (exact) mass is 249 g/mol. The van der Waals surface area contributed by atoms with Gasteiger partial charge < -0.3 is 4.98 Å². The van der Waals surface area contributed by atoms with Crippen molar-refractivity contribution in [1.29, 1.82) is 0 Å². The van der Waals surface area contributed by atoms with Gasteiger partial charge in [0, 0.05) is 11.6 Å². The zero-order chi connectivity index (χ0) is 12.6. The lowest BCUT2D eigenvalue weighted by Gasteiger charge is -2.06. The fourth-order valence-electron chi connectivity index (χ4n) is 1.75. The molecule has 1 unspecified atom stereocenters. The quantitative estimate of drug-likeness (QED) is 0.819. The van der Waals surface area contributed by atoms with Crippen molar-refractivity contribution >= 4 is 27.5 Å². The van der Waals surface area contributed by atoms with Gasteiger partial charge in [0.2, 0.25) is 5.43 Å². The average Bonchev–Trinajstić information content (AvgIpc) is 2.28. The van der Waals surface area contributed by atoms with Gasteiger partial charge in [-0.25, -0.2) is 0 Å². The highest BCUT2D eigenvalue weighted by Crippen LogP contribution is 2.14. The third-order valence-electron chi connectivity index (χ3n) is 2.51. The second-order valence-electron chi connectivity index (χ2n) is 3.71. The Morgan fingerprint density at radius 1 is 1.29 bits per heavy atom. The van der Waals surface area contributed by atoms with Crippen molar-refractivity contribution in [3.05, 3.63) is 40.1 Å². The zero-order valence-corrected chi connectivity index (χ0v) is 10.3. The molecule has 0 bridgehead atoms. The van der Waals surface area contributed by atoms with E-state index in [1.54, 1.807) is 24.3 Å². The maximum atomic E-state index is 12.1. The van der Waals surface area contributed by atoms with Crippen LogP contribution in [0.15, 0.2) is 34.1 Å². The largest absolute Gasteiger partial charge is 0.347 e. The number of H-pyrrole nitrogens is 1. The molecule has 0 spiro atoms. The lowest BCUT2D eigenvalue weighted by atomic mass is 10.1. The summed E-state index contributed by atoms with van der Waals surface area (Å²) < 4.78 is 11.6. The van der Waals surface area contributed by atoms with Crippen LogP contribution in [0.25, 0.3) is 10.9 Å². The number of rotatable bonds is 2. The van der Waals surface area contributed by atoms with E-state index < -0.39 is 10.8 Å². The van der Waals surface area contributed by atoms with Crippen molar-refractivity contribution in [3.63, 3.8) is 0 Å². The molecule has 1 heterocycles. The van der Waals surface area contributed by atoms with Crippen LogP contribution in [0.3, 0.4) is 0 Å². The molecule has 2 aromatic rings. The Morgan fingerprint density at radius 3 is 2.53 bits per heavy atom. The van der Waals surface area contributed by atoms with Crippen LogP contribution in [-0.2, 0) is 10.8 Å². The van der Waals surface area contributed by atoms with E-state index in [1.807, 2.05) is 0 Å². The van der Waals surface area contributed by atoms with Crippen molar-refractivity contribution in [2.75, 3.05) is 6.26 Å². The molecule has 1 atom stereocenters. The van der Waals surface area contributed by atoms with Crippen LogP contribution in [0.4, 0.5) is 0 Å². The third-order valence-corrected chi connectivity index (χ3v) is 3.39. The van der Waals surface area contributed by atoms with Gasteiger partial charge in [-0.05, 0) is 19.1 Å². The van der Waals surface area contributed by atoms with Crippen LogP contribution in [0.5, 0.6) is 0 Å². The maximum Gasteiger partial charge on any atom is 0.201 e. The number of ketones is 1. The summed E-state index contributed by atoms with van der Waals surface area (Å²) in [6, 6.07) is 6.86. The van der Waals surface area contributed by atoms with Gasteiger partial charge in [-0.15, -0.1) is 0 Å². The Morgan fingerprint density at radius 2 is 1.94 bits per heavy atom. The number of carbonyl (C=O) groups excluding carboxylic acids is 1. The van der Waals surface area contributed by atoms with Gasteiger partial charge in [0.1, 0.15) is 5.03 Å². The SMILES string of the molecule is CC(=O)c1c(S(C)=O)[nH]c2ccccc2c1=O. The second-order valence-corrected chi connectivity index (χ2v) is 5.03. The molecule has 0 amide bonds. The number of aromatic amines is 1. The minimum Gasteiger partial charge on any atom is -0.347 e. The molecule has 0 saturated carbocycles. The summed E-state index contributed by atoms with van der Waals surface area (Å²) >= 11 is 0. The van der Waals surface area contributed by atoms with Gasteiger partial charge >= 0.3 is 0 Å². The number of hydrogen-bond donors (Lipinski definition) is 1. The highest BCUT2D eigenvalue weighted by molar-refractivity contribution is 7.84. The average molecular weight is 249 g/mol. The molecule has 1 aromatic heterocycles. The molecule has 4 nitrogen and oxygen atoms in total. The fourth-order valence-corrected chi connectivity index (χ4v) is 2.53. The molecule has 0 saturated heterocycles. The van der Waals surface area contributed by atoms with Crippen molar-refractivity contribution in [2.24, 2.45) is 0 Å². The number of Topliss-reactive ketones (excluding diaryl/α,β-unsaturated/α-hetero) is 1. The number of para-hydroxylation sites is 1. The Labute approximate surface area is 100 Å². The lowest BCUT2D eigenvalue weighted by Crippen LogP contribution is -2.18. The van der Waals surface area contributed by atoms with Crippen LogP contribution in [0.1, 0.15) is 17.3 Å². The number of hydrogen-bond acceptors (Lipinski definition) is 3. The molecule has 0 radical (unpaired) electrons. The second kappa shape index (κ2) is 4.25. The smallest absolute Gasteiger partial charge is 0.201 e. The molecule has 0 aliphatic heterocycles. The summed E-state index contributed by atoms with van der Waals surface area (Å²) in [5.41, 5.74) is 0.217. The van der Waals surface area contributed by atoms with Crippen LogP contribution >= 0.6 is 0 Å². The summed E-state index contributed by atoms with van der Waals surface area (Å²) in [7, 11) is -1.40. The predicted octanol–water partition coefficient (Wildman–Crippen LogP) is 1.47. The van der Waals surface area contributed by atoms with Crippen LogP contribution in [-0.4, -0.2) is 21.2 Å². The molecule has 0 aliphatic rings. The normalized spacial score (nSPS) is 12.6. The number of benzene rings is 1. The zero-order valence-electron chi connectivity index (χ0n) is 9.44. The van der Waals surface area contributed by atoms with E-state index in [2.05, 4.69) is 4.98 Å². The number of pyridine rings is 1. The fraction of sp³-hybridized carbons (Fsp3) is 0.167. The van der Waals surface area contributed by atoms with Gasteiger partial charge in [-0.1, -0.05) is 12.1 Å². The van der Waals surface area contributed by atoms with Gasteiger partial charge in [-0.3, -0.25) is 13.8 Å². The number of nitrogens with one attached hydrogen (secondary N) is 1. The van der Waals surface area contributed by atoms with Gasteiger partial charge in [0.15, 0.2) is 5.78 Å². The Bertz CT molecular complexity index is 688. The van der Waals surface area contributed by atoms with E-state index in [0.29, 0.717) is 10.9 Å². The molecular weight excluding hydrogens is 238 g/mol. The molecular formula is C12H11NO3S. The summed E-state index contributed by atoms with van der Waals surface area (Å²) in [4.78, 5) is 26.5. The van der Waals surface area contributed by atoms with E-state index in [9.17, 15) is 13.8 Å². The third kappa shape index (κ3) is 1.93. The topological polar surface area (TPSA) is 67.0 Å². The van der Waals surface area contributed by atoms with Crippen molar-refractivity contribution in [1.82, 2.24) is 4.98 Å². The molecule has 17 heavy (non-hydrogen) atoms. The first kappa shape index (κ1) is 11.7. The number of aromatic nitrogens is 1. The van der Waals surface area contributed by atoms with Crippen LogP contribution < -0.4 is 5.43 Å². The van der Waals surface area contributed by atoms with Gasteiger partial charge in [0.25, 0.3) is 0 Å². The summed E-state index contributed by atoms with van der Waals surface area (Å²) in [5, 5.41) is 0.633. The van der Waals surface area contributed by atoms with Crippen molar-refractivity contribution in [3.8, 4) is 0 Å². The molecule has 88 valence electrons. The van der Waals surface area contributed by atoms with E-state index >= 15 is 0 Å². The van der Waals surface area contributed by atoms with E-state index in [-0.39, 0.29) is 21.8 Å². The summed E-state index contributed by atoms with van der Waals surface area (Å²) in [6.07, 6.45) is 1.44. The van der Waals surface area contributed by atoms with E-state index in [1.165, 1.54) is 13.2 Å². The number of carbonyl (C=O) groups is 1. The van der Waals surface area contributed by atoms with Gasteiger partial charge in [-0.2, -0.15) is 0 Å². The molecule has 0 fully saturated rings. The minimum atomic E-state index is -1.40. The Hall–Kier alpha value is -1.75. The predicted molar refractivity (Wildman–Crippen MR) is 66.9 cm³/mol. The highest BCUT2D eigenvalue weighted by atomic mass is 32.2. The van der Waals surface area contributed by atoms with E-state index in [0.717, 1.165) is 0 Å². The molecule has 5 heteroatoms. The maximum absolute atomic E-state index is 12.1. The van der Waals surface area contributed by atoms with Crippen LogP contribution in [0, 0.1) is 0 Å². The molecule has 1 N–H and O–H groups in total.